The molecule has 1 aromatic carbocycles. The molecule has 3 aromatic rings. The number of rotatable bonds is 10. The highest BCUT2D eigenvalue weighted by Gasteiger charge is 2.43. The van der Waals surface area contributed by atoms with Crippen LogP contribution >= 0.6 is 0 Å². The number of aliphatic hydroxyl groups excluding tert-OH is 1. The van der Waals surface area contributed by atoms with Crippen molar-refractivity contribution in [1.82, 2.24) is 19.9 Å². The van der Waals surface area contributed by atoms with Crippen LogP contribution < -0.4 is 16.0 Å². The summed E-state index contributed by atoms with van der Waals surface area (Å²) >= 11 is 0. The zero-order valence-electron chi connectivity index (χ0n) is 22.2. The Morgan fingerprint density at radius 2 is 1.90 bits per heavy atom. The Morgan fingerprint density at radius 3 is 2.49 bits per heavy atom. The molecule has 0 saturated carbocycles. The van der Waals surface area contributed by atoms with Gasteiger partial charge in [-0.2, -0.15) is 17.6 Å². The van der Waals surface area contributed by atoms with Crippen molar-refractivity contribution in [3.05, 3.63) is 77.6 Å². The first-order chi connectivity index (χ1) is 19.4. The van der Waals surface area contributed by atoms with Gasteiger partial charge in [0.25, 0.3) is 0 Å². The minimum absolute atomic E-state index is 0.0462. The monoisotopic (exact) mass is 577 g/mol. The second-order valence-electron chi connectivity index (χ2n) is 9.87. The number of likely N-dealkylation sites (tertiary alicyclic amines) is 1. The number of pyridine rings is 1. The first kappa shape index (κ1) is 30.1. The molecule has 1 aliphatic heterocycles. The summed E-state index contributed by atoms with van der Waals surface area (Å²) in [7, 11) is 0. The molecule has 0 bridgehead atoms. The third kappa shape index (κ3) is 6.89. The highest BCUT2D eigenvalue weighted by Crippen LogP contribution is 2.32. The Morgan fingerprint density at radius 1 is 1.22 bits per heavy atom. The fourth-order valence-electron chi connectivity index (χ4n) is 4.83. The van der Waals surface area contributed by atoms with Crippen molar-refractivity contribution in [2.24, 2.45) is 5.73 Å². The number of alkyl halides is 3. The van der Waals surface area contributed by atoms with Crippen molar-refractivity contribution in [1.29, 1.82) is 0 Å². The number of β-amino-alcohol motifs (C(OH)–C–C–N with tert-alkyl or cyclic N) is 1. The van der Waals surface area contributed by atoms with Crippen molar-refractivity contribution < 1.29 is 32.6 Å². The smallest absolute Gasteiger partial charge is 0.389 e. The maximum Gasteiger partial charge on any atom is 0.416 e. The number of anilines is 2. The van der Waals surface area contributed by atoms with Crippen LogP contribution in [0.2, 0.25) is 0 Å². The summed E-state index contributed by atoms with van der Waals surface area (Å²) in [6.45, 7) is 2.04. The minimum atomic E-state index is -4.46. The average Bonchev–Trinajstić information content (AvgIpc) is 2.94. The Labute approximate surface area is 233 Å². The van der Waals surface area contributed by atoms with Gasteiger partial charge in [0.1, 0.15) is 18.0 Å². The molecule has 41 heavy (non-hydrogen) atoms. The predicted molar refractivity (Wildman–Crippen MR) is 142 cm³/mol. The fourth-order valence-corrected chi connectivity index (χ4v) is 4.83. The van der Waals surface area contributed by atoms with E-state index in [1.807, 2.05) is 0 Å². The van der Waals surface area contributed by atoms with Gasteiger partial charge >= 0.3 is 6.18 Å². The van der Waals surface area contributed by atoms with Crippen LogP contribution in [0.1, 0.15) is 36.1 Å². The summed E-state index contributed by atoms with van der Waals surface area (Å²) in [4.78, 5) is 27.3. The van der Waals surface area contributed by atoms with Crippen LogP contribution in [0.5, 0.6) is 0 Å². The summed E-state index contributed by atoms with van der Waals surface area (Å²) in [5.74, 6) is -1.72. The number of nitrogens with one attached hydrogen (secondary N) is 1. The third-order valence-electron chi connectivity index (χ3n) is 7.19. The number of nitrogens with zero attached hydrogens (tertiary/aromatic N) is 5. The van der Waals surface area contributed by atoms with Gasteiger partial charge in [-0.15, -0.1) is 0 Å². The van der Waals surface area contributed by atoms with Crippen LogP contribution in [0.25, 0.3) is 0 Å². The normalized spacial score (nSPS) is 20.4. The van der Waals surface area contributed by atoms with Gasteiger partial charge in [-0.25, -0.2) is 9.97 Å². The van der Waals surface area contributed by atoms with Crippen molar-refractivity contribution in [3.63, 3.8) is 0 Å². The average molecular weight is 578 g/mol. The largest absolute Gasteiger partial charge is 0.416 e. The summed E-state index contributed by atoms with van der Waals surface area (Å²) < 4.78 is 54.1. The molecule has 220 valence electrons. The second-order valence-corrected chi connectivity index (χ2v) is 9.87. The summed E-state index contributed by atoms with van der Waals surface area (Å²) in [5.41, 5.74) is 4.31. The molecule has 1 amide bonds. The van der Waals surface area contributed by atoms with E-state index in [-0.39, 0.29) is 44.2 Å². The molecule has 5 N–H and O–H groups in total. The molecule has 1 saturated heterocycles. The topological polar surface area (TPSA) is 141 Å². The molecule has 1 aliphatic rings. The summed E-state index contributed by atoms with van der Waals surface area (Å²) in [6, 6.07) is 7.05. The van der Waals surface area contributed by atoms with Crippen molar-refractivity contribution >= 4 is 17.5 Å². The Hall–Kier alpha value is -3.88. The predicted octanol–water partition coefficient (Wildman–Crippen LogP) is 2.49. The maximum atomic E-state index is 15.5. The molecule has 0 radical (unpaired) electrons. The van der Waals surface area contributed by atoms with E-state index in [1.54, 1.807) is 24.0 Å². The van der Waals surface area contributed by atoms with E-state index in [2.05, 4.69) is 20.3 Å². The molecule has 3 heterocycles. The molecular formula is C27H31F4N7O3. The molecule has 1 fully saturated rings. The van der Waals surface area contributed by atoms with E-state index in [9.17, 15) is 28.2 Å². The van der Waals surface area contributed by atoms with E-state index in [0.717, 1.165) is 18.5 Å². The van der Waals surface area contributed by atoms with Gasteiger partial charge < -0.3 is 26.2 Å². The number of carbonyl (C=O) groups is 1. The quantitative estimate of drug-likeness (QED) is 0.268. The first-order valence-corrected chi connectivity index (χ1v) is 12.9. The molecule has 0 aliphatic carbocycles. The van der Waals surface area contributed by atoms with Crippen molar-refractivity contribution in [2.75, 3.05) is 36.4 Å². The van der Waals surface area contributed by atoms with Crippen LogP contribution in [0.4, 0.5) is 29.2 Å². The molecule has 2 aromatic heterocycles. The van der Waals surface area contributed by atoms with Crippen LogP contribution in [-0.2, 0) is 17.5 Å². The number of aliphatic hydroxyl groups is 2. The van der Waals surface area contributed by atoms with E-state index < -0.39 is 41.2 Å². The summed E-state index contributed by atoms with van der Waals surface area (Å²) in [5, 5.41) is 24.8. The molecule has 14 heteroatoms. The highest BCUT2D eigenvalue weighted by molar-refractivity contribution is 5.81. The lowest BCUT2D eigenvalue weighted by molar-refractivity contribution is -0.137. The molecule has 1 unspecified atom stereocenters. The van der Waals surface area contributed by atoms with Gasteiger partial charge in [-0.1, -0.05) is 12.1 Å². The number of hydrogen-bond acceptors (Lipinski definition) is 9. The zero-order chi connectivity index (χ0) is 29.8. The van der Waals surface area contributed by atoms with Crippen LogP contribution in [0.3, 0.4) is 0 Å². The number of carbonyl (C=O) groups excluding carboxylic acids is 1. The number of piperidine rings is 1. The van der Waals surface area contributed by atoms with Gasteiger partial charge in [0.05, 0.1) is 11.7 Å². The lowest BCUT2D eigenvalue weighted by atomic mass is 9.87. The van der Waals surface area contributed by atoms with Gasteiger partial charge in [0.2, 0.25) is 11.7 Å². The first-order valence-electron chi connectivity index (χ1n) is 12.9. The van der Waals surface area contributed by atoms with Gasteiger partial charge in [0, 0.05) is 45.1 Å². The minimum Gasteiger partial charge on any atom is -0.389 e. The van der Waals surface area contributed by atoms with Crippen molar-refractivity contribution in [3.8, 4) is 0 Å². The number of halogens is 4. The van der Waals surface area contributed by atoms with Gasteiger partial charge in [-0.05, 0) is 48.7 Å². The van der Waals surface area contributed by atoms with Crippen LogP contribution in [-0.4, -0.2) is 73.9 Å². The van der Waals surface area contributed by atoms with Gasteiger partial charge in [-0.3, -0.25) is 14.7 Å². The molecule has 0 spiro atoms. The van der Waals surface area contributed by atoms with Crippen molar-refractivity contribution in [2.45, 2.75) is 43.8 Å². The summed E-state index contributed by atoms with van der Waals surface area (Å²) in [6.07, 6.45) is -1.53. The number of amides is 1. The molecule has 10 nitrogen and oxygen atoms in total. The third-order valence-corrected chi connectivity index (χ3v) is 7.19. The van der Waals surface area contributed by atoms with Crippen LogP contribution in [0.15, 0.2) is 55.1 Å². The number of benzene rings is 1. The Balaban J connectivity index is 1.43. The number of nitrogens with two attached hydrogens (primary N) is 1. The van der Waals surface area contributed by atoms with Gasteiger partial charge in [0.15, 0.2) is 11.6 Å². The SMILES string of the molecule is CCN(Cc1ccc(C(F)(F)F)cc1)c1ncnc(NC[C@]2(O)CCN(C(C(N)=O)c3ccncc3)C[C@H]2O)c1F. The molecular weight excluding hydrogens is 546 g/mol. The number of primary amides is 1. The Bertz CT molecular complexity index is 1330. The van der Waals surface area contributed by atoms with Crippen LogP contribution in [0, 0.1) is 5.82 Å². The zero-order valence-corrected chi connectivity index (χ0v) is 22.2. The van der Waals surface area contributed by atoms with E-state index in [4.69, 9.17) is 5.73 Å². The lowest BCUT2D eigenvalue weighted by Crippen LogP contribution is -2.60. The Kier molecular flexibility index (Phi) is 9.05. The lowest BCUT2D eigenvalue weighted by Gasteiger charge is -2.44. The molecule has 4 rings (SSSR count). The highest BCUT2D eigenvalue weighted by atomic mass is 19.4. The maximum absolute atomic E-state index is 15.5. The molecule has 3 atom stereocenters. The number of hydrogen-bond donors (Lipinski definition) is 4. The second kappa shape index (κ2) is 12.3. The van der Waals surface area contributed by atoms with E-state index in [0.29, 0.717) is 17.7 Å². The van der Waals surface area contributed by atoms with E-state index >= 15 is 4.39 Å². The van der Waals surface area contributed by atoms with E-state index in [1.165, 1.54) is 29.4 Å². The number of aromatic nitrogens is 3. The standard InChI is InChI=1S/C27H31F4N7O3/c1-2-37(13-17-3-5-19(6-4-17)27(29,30)31)25-21(28)24(35-16-36-25)34-15-26(41)9-12-38(14-20(26)39)22(23(32)40)18-7-10-33-11-8-18/h3-8,10-11,16,20,22,39,41H,2,9,12-15H2,1H3,(H2,32,40)(H,34,35,36)/t20-,22?,26-/m1/s1. The fraction of sp³-hybridized carbons (Fsp3) is 0.407.